The summed E-state index contributed by atoms with van der Waals surface area (Å²) in [5, 5.41) is 14.3. The predicted molar refractivity (Wildman–Crippen MR) is 218 cm³/mol. The number of nitrogens with one attached hydrogen (secondary N) is 2. The lowest BCUT2D eigenvalue weighted by atomic mass is 10.1. The SMILES string of the molecule is c1ccc(-n2c(-c3ccc(Nc4cccc5ccccc45)cc3)cc3cc4oc(-c5ccc(Nc6cccc7ccccc67)cc5)cc4cc32)cc1. The lowest BCUT2D eigenvalue weighted by Crippen LogP contribution is -1.97. The maximum absolute atomic E-state index is 6.50. The van der Waals surface area contributed by atoms with Crippen molar-refractivity contribution in [2.75, 3.05) is 10.6 Å². The van der Waals surface area contributed by atoms with E-state index in [0.717, 1.165) is 72.9 Å². The molecule has 0 aliphatic rings. The van der Waals surface area contributed by atoms with Crippen molar-refractivity contribution in [2.24, 2.45) is 0 Å². The van der Waals surface area contributed by atoms with Gasteiger partial charge >= 0.3 is 0 Å². The molecule has 0 amide bonds. The molecule has 0 aliphatic carbocycles. The summed E-state index contributed by atoms with van der Waals surface area (Å²) in [5.74, 6) is 0.847. The summed E-state index contributed by atoms with van der Waals surface area (Å²) < 4.78 is 8.85. The van der Waals surface area contributed by atoms with Crippen LogP contribution in [0.2, 0.25) is 0 Å². The van der Waals surface area contributed by atoms with Gasteiger partial charge in [-0.1, -0.05) is 103 Å². The Morgan fingerprint density at radius 3 is 1.60 bits per heavy atom. The molecule has 10 rings (SSSR count). The molecule has 0 fully saturated rings. The maximum Gasteiger partial charge on any atom is 0.135 e. The molecule has 4 heteroatoms. The highest BCUT2D eigenvalue weighted by molar-refractivity contribution is 6.00. The lowest BCUT2D eigenvalue weighted by molar-refractivity contribution is 0.632. The number of fused-ring (bicyclic) bond motifs is 4. The topological polar surface area (TPSA) is 42.1 Å². The van der Waals surface area contributed by atoms with E-state index in [0.29, 0.717) is 0 Å². The number of anilines is 4. The smallest absolute Gasteiger partial charge is 0.135 e. The van der Waals surface area contributed by atoms with E-state index < -0.39 is 0 Å². The second-order valence-corrected chi connectivity index (χ2v) is 13.2. The van der Waals surface area contributed by atoms with E-state index in [1.807, 2.05) is 0 Å². The Kier molecular flexibility index (Phi) is 7.10. The molecule has 0 saturated heterocycles. The van der Waals surface area contributed by atoms with E-state index in [1.165, 1.54) is 21.5 Å². The molecular weight excluding hydrogens is 635 g/mol. The van der Waals surface area contributed by atoms with Gasteiger partial charge in [-0.05, 0) is 101 Å². The molecule has 52 heavy (non-hydrogen) atoms. The summed E-state index contributed by atoms with van der Waals surface area (Å²) in [6, 6.07) is 66.2. The first-order valence-corrected chi connectivity index (χ1v) is 17.6. The van der Waals surface area contributed by atoms with Crippen molar-refractivity contribution in [3.05, 3.63) is 188 Å². The minimum atomic E-state index is 0.847. The van der Waals surface area contributed by atoms with Crippen LogP contribution in [0.5, 0.6) is 0 Å². The monoisotopic (exact) mass is 667 g/mol. The fraction of sp³-hybridized carbons (Fsp3) is 0. The number of nitrogens with zero attached hydrogens (tertiary/aromatic N) is 1. The van der Waals surface area contributed by atoms with Crippen LogP contribution in [-0.2, 0) is 0 Å². The first-order valence-electron chi connectivity index (χ1n) is 17.6. The molecule has 0 atom stereocenters. The third kappa shape index (κ3) is 5.34. The van der Waals surface area contributed by atoms with Crippen LogP contribution in [0, 0.1) is 0 Å². The van der Waals surface area contributed by atoms with Gasteiger partial charge in [0, 0.05) is 55.5 Å². The zero-order valence-electron chi connectivity index (χ0n) is 28.3. The predicted octanol–water partition coefficient (Wildman–Crippen LogP) is 13.5. The van der Waals surface area contributed by atoms with Gasteiger partial charge < -0.3 is 19.6 Å². The average molecular weight is 668 g/mol. The first-order chi connectivity index (χ1) is 25.7. The number of benzene rings is 8. The highest BCUT2D eigenvalue weighted by Gasteiger charge is 2.16. The third-order valence-corrected chi connectivity index (χ3v) is 9.94. The van der Waals surface area contributed by atoms with Crippen molar-refractivity contribution in [2.45, 2.75) is 0 Å². The van der Waals surface area contributed by atoms with Crippen molar-refractivity contribution < 1.29 is 4.42 Å². The number of aromatic nitrogens is 1. The van der Waals surface area contributed by atoms with E-state index >= 15 is 0 Å². The largest absolute Gasteiger partial charge is 0.456 e. The van der Waals surface area contributed by atoms with Gasteiger partial charge in [-0.15, -0.1) is 0 Å². The number of rotatable bonds is 7. The molecule has 0 spiro atoms. The lowest BCUT2D eigenvalue weighted by Gasteiger charge is -2.13. The third-order valence-electron chi connectivity index (χ3n) is 9.94. The molecule has 246 valence electrons. The van der Waals surface area contributed by atoms with Crippen molar-refractivity contribution in [1.29, 1.82) is 0 Å². The van der Waals surface area contributed by atoms with Gasteiger partial charge in [-0.25, -0.2) is 0 Å². The van der Waals surface area contributed by atoms with Crippen LogP contribution >= 0.6 is 0 Å². The van der Waals surface area contributed by atoms with Gasteiger partial charge in [-0.2, -0.15) is 0 Å². The Balaban J connectivity index is 0.978. The maximum atomic E-state index is 6.50. The number of hydrogen-bond acceptors (Lipinski definition) is 3. The second kappa shape index (κ2) is 12.4. The fourth-order valence-corrected chi connectivity index (χ4v) is 7.37. The molecule has 2 N–H and O–H groups in total. The van der Waals surface area contributed by atoms with E-state index in [2.05, 4.69) is 203 Å². The summed E-state index contributed by atoms with van der Waals surface area (Å²) in [4.78, 5) is 0. The summed E-state index contributed by atoms with van der Waals surface area (Å²) in [6.07, 6.45) is 0. The summed E-state index contributed by atoms with van der Waals surface area (Å²) in [7, 11) is 0. The van der Waals surface area contributed by atoms with Crippen LogP contribution in [0.3, 0.4) is 0 Å². The van der Waals surface area contributed by atoms with Crippen LogP contribution in [0.15, 0.2) is 192 Å². The summed E-state index contributed by atoms with van der Waals surface area (Å²) in [5.41, 5.74) is 10.7. The molecule has 4 nitrogen and oxygen atoms in total. The zero-order chi connectivity index (χ0) is 34.4. The Labute approximate surface area is 301 Å². The number of para-hydroxylation sites is 1. The molecule has 0 radical (unpaired) electrons. The molecule has 0 bridgehead atoms. The van der Waals surface area contributed by atoms with Crippen LogP contribution in [0.4, 0.5) is 22.7 Å². The van der Waals surface area contributed by atoms with Gasteiger partial charge in [0.15, 0.2) is 0 Å². The molecule has 10 aromatic rings. The molecular formula is C48H33N3O. The van der Waals surface area contributed by atoms with Crippen LogP contribution in [0.1, 0.15) is 0 Å². The van der Waals surface area contributed by atoms with E-state index in [-0.39, 0.29) is 0 Å². The molecule has 2 heterocycles. The Morgan fingerprint density at radius 1 is 0.404 bits per heavy atom. The highest BCUT2D eigenvalue weighted by atomic mass is 16.3. The molecule has 8 aromatic carbocycles. The standard InChI is InChI=1S/C48H33N3O/c1-2-14-40(15-3-1)51-45(34-20-24-38(25-21-34)49-43-18-8-12-32-10-4-6-16-41(32)43)28-36-30-48-37(29-46(36)51)31-47(52-48)35-22-26-39(27-23-35)50-44-19-9-13-33-11-5-7-17-42(33)44/h1-31,49-50H. The summed E-state index contributed by atoms with van der Waals surface area (Å²) in [6.45, 7) is 0. The average Bonchev–Trinajstić information content (AvgIpc) is 3.79. The van der Waals surface area contributed by atoms with Gasteiger partial charge in [0.25, 0.3) is 0 Å². The zero-order valence-corrected chi connectivity index (χ0v) is 28.3. The van der Waals surface area contributed by atoms with Crippen molar-refractivity contribution in [3.63, 3.8) is 0 Å². The quantitative estimate of drug-likeness (QED) is 0.178. The number of hydrogen-bond donors (Lipinski definition) is 2. The first kappa shape index (κ1) is 29.8. The van der Waals surface area contributed by atoms with Crippen LogP contribution < -0.4 is 10.6 Å². The van der Waals surface area contributed by atoms with Crippen molar-refractivity contribution >= 4 is 66.2 Å². The minimum Gasteiger partial charge on any atom is -0.456 e. The Morgan fingerprint density at radius 2 is 0.962 bits per heavy atom. The van der Waals surface area contributed by atoms with E-state index in [1.54, 1.807) is 0 Å². The molecule has 0 aliphatic heterocycles. The molecule has 0 unspecified atom stereocenters. The van der Waals surface area contributed by atoms with E-state index in [4.69, 9.17) is 4.42 Å². The molecule has 0 saturated carbocycles. The van der Waals surface area contributed by atoms with Crippen LogP contribution in [-0.4, -0.2) is 4.57 Å². The summed E-state index contributed by atoms with van der Waals surface area (Å²) >= 11 is 0. The Hall–Kier alpha value is -7.04. The van der Waals surface area contributed by atoms with Crippen LogP contribution in [0.25, 0.3) is 71.7 Å². The Bertz CT molecular complexity index is 2870. The number of furan rings is 1. The van der Waals surface area contributed by atoms with Gasteiger partial charge in [0.1, 0.15) is 11.3 Å². The molecule has 2 aromatic heterocycles. The highest BCUT2D eigenvalue weighted by Crippen LogP contribution is 2.38. The van der Waals surface area contributed by atoms with E-state index in [9.17, 15) is 0 Å². The van der Waals surface area contributed by atoms with Gasteiger partial charge in [0.2, 0.25) is 0 Å². The minimum absolute atomic E-state index is 0.847. The normalized spacial score (nSPS) is 11.5. The van der Waals surface area contributed by atoms with Gasteiger partial charge in [0.05, 0.1) is 11.2 Å². The van der Waals surface area contributed by atoms with Crippen molar-refractivity contribution in [3.8, 4) is 28.3 Å². The van der Waals surface area contributed by atoms with Gasteiger partial charge in [-0.3, -0.25) is 0 Å². The fourth-order valence-electron chi connectivity index (χ4n) is 7.37. The second-order valence-electron chi connectivity index (χ2n) is 13.2. The van der Waals surface area contributed by atoms with Crippen molar-refractivity contribution in [1.82, 2.24) is 4.57 Å².